The molecule has 0 spiro atoms. The Labute approximate surface area is 111 Å². The van der Waals surface area contributed by atoms with Gasteiger partial charge >= 0.3 is 0 Å². The third-order valence-corrected chi connectivity index (χ3v) is 3.51. The summed E-state index contributed by atoms with van der Waals surface area (Å²) in [6.45, 7) is 4.59. The standard InChI is InChI=1S/C18H23/c1-3-4-5-8-15(2)13-16-11-12-17-9-6-7-10-18(17)14-16/h6-7,9-15H,3-5,8H2,1-2H3. The summed E-state index contributed by atoms with van der Waals surface area (Å²) in [4.78, 5) is 0. The van der Waals surface area contributed by atoms with Crippen LogP contribution in [-0.4, -0.2) is 0 Å². The van der Waals surface area contributed by atoms with Gasteiger partial charge in [-0.2, -0.15) is 0 Å². The Hall–Kier alpha value is -1.30. The van der Waals surface area contributed by atoms with Crippen molar-refractivity contribution in [3.05, 3.63) is 54.4 Å². The van der Waals surface area contributed by atoms with E-state index in [1.54, 1.807) is 0 Å². The highest BCUT2D eigenvalue weighted by molar-refractivity contribution is 5.83. The number of rotatable bonds is 6. The fourth-order valence-electron chi connectivity index (χ4n) is 2.44. The molecule has 0 N–H and O–H groups in total. The quantitative estimate of drug-likeness (QED) is 0.575. The SMILES string of the molecule is CCCCCC(C)[CH]c1ccc2ccccc2c1. The normalized spacial score (nSPS) is 12.8. The second-order valence-electron chi connectivity index (χ2n) is 5.25. The molecule has 0 nitrogen and oxygen atoms in total. The van der Waals surface area contributed by atoms with Crippen molar-refractivity contribution < 1.29 is 0 Å². The lowest BCUT2D eigenvalue weighted by molar-refractivity contribution is 0.555. The van der Waals surface area contributed by atoms with Crippen LogP contribution >= 0.6 is 0 Å². The molecule has 0 saturated carbocycles. The Kier molecular flexibility index (Phi) is 4.81. The highest BCUT2D eigenvalue weighted by Crippen LogP contribution is 2.21. The lowest BCUT2D eigenvalue weighted by Crippen LogP contribution is -1.97. The Bertz CT molecular complexity index is 484. The molecule has 0 aliphatic rings. The van der Waals surface area contributed by atoms with E-state index in [0.29, 0.717) is 5.92 Å². The predicted molar refractivity (Wildman–Crippen MR) is 80.7 cm³/mol. The van der Waals surface area contributed by atoms with E-state index in [9.17, 15) is 0 Å². The topological polar surface area (TPSA) is 0 Å². The summed E-state index contributed by atoms with van der Waals surface area (Å²) in [5, 5.41) is 2.67. The Balaban J connectivity index is 1.98. The number of hydrogen-bond acceptors (Lipinski definition) is 0. The van der Waals surface area contributed by atoms with Crippen molar-refractivity contribution in [3.63, 3.8) is 0 Å². The third kappa shape index (κ3) is 3.60. The van der Waals surface area contributed by atoms with E-state index in [4.69, 9.17) is 0 Å². The van der Waals surface area contributed by atoms with Gasteiger partial charge < -0.3 is 0 Å². The van der Waals surface area contributed by atoms with Crippen LogP contribution in [0.4, 0.5) is 0 Å². The zero-order valence-corrected chi connectivity index (χ0v) is 11.5. The van der Waals surface area contributed by atoms with Crippen molar-refractivity contribution in [2.75, 3.05) is 0 Å². The summed E-state index contributed by atoms with van der Waals surface area (Å²) >= 11 is 0. The summed E-state index contributed by atoms with van der Waals surface area (Å²) in [7, 11) is 0. The van der Waals surface area contributed by atoms with Gasteiger partial charge in [-0.1, -0.05) is 82.0 Å². The fraction of sp³-hybridized carbons (Fsp3) is 0.389. The molecule has 2 aromatic carbocycles. The summed E-state index contributed by atoms with van der Waals surface area (Å²) in [5.74, 6) is 0.678. The minimum atomic E-state index is 0.678. The van der Waals surface area contributed by atoms with E-state index in [1.807, 2.05) is 0 Å². The van der Waals surface area contributed by atoms with E-state index in [2.05, 4.69) is 62.7 Å². The number of unbranched alkanes of at least 4 members (excludes halogenated alkanes) is 2. The van der Waals surface area contributed by atoms with Crippen LogP contribution in [0.5, 0.6) is 0 Å². The molecule has 0 aromatic heterocycles. The zero-order valence-electron chi connectivity index (χ0n) is 11.5. The van der Waals surface area contributed by atoms with Gasteiger partial charge in [0.15, 0.2) is 0 Å². The molecule has 0 heterocycles. The zero-order chi connectivity index (χ0) is 12.8. The molecular weight excluding hydrogens is 216 g/mol. The predicted octanol–water partition coefficient (Wildman–Crippen LogP) is 5.61. The van der Waals surface area contributed by atoms with Crippen LogP contribution in [0.3, 0.4) is 0 Å². The van der Waals surface area contributed by atoms with Crippen molar-refractivity contribution in [3.8, 4) is 0 Å². The minimum absolute atomic E-state index is 0.678. The molecule has 1 atom stereocenters. The molecule has 95 valence electrons. The van der Waals surface area contributed by atoms with Crippen LogP contribution in [0.2, 0.25) is 0 Å². The number of benzene rings is 2. The summed E-state index contributed by atoms with van der Waals surface area (Å²) in [5.41, 5.74) is 1.36. The summed E-state index contributed by atoms with van der Waals surface area (Å²) < 4.78 is 0. The molecule has 0 heteroatoms. The van der Waals surface area contributed by atoms with Crippen molar-refractivity contribution in [2.45, 2.75) is 39.5 Å². The molecule has 0 fully saturated rings. The van der Waals surface area contributed by atoms with Gasteiger partial charge in [0.1, 0.15) is 0 Å². The number of hydrogen-bond donors (Lipinski definition) is 0. The van der Waals surface area contributed by atoms with Crippen molar-refractivity contribution in [2.24, 2.45) is 5.92 Å². The van der Waals surface area contributed by atoms with E-state index in [1.165, 1.54) is 42.0 Å². The molecule has 0 aliphatic heterocycles. The molecule has 1 radical (unpaired) electrons. The Morgan fingerprint density at radius 2 is 1.78 bits per heavy atom. The van der Waals surface area contributed by atoms with Crippen molar-refractivity contribution in [1.82, 2.24) is 0 Å². The second-order valence-corrected chi connectivity index (χ2v) is 5.25. The van der Waals surface area contributed by atoms with Crippen LogP contribution < -0.4 is 0 Å². The molecule has 18 heavy (non-hydrogen) atoms. The van der Waals surface area contributed by atoms with E-state index >= 15 is 0 Å². The van der Waals surface area contributed by atoms with Gasteiger partial charge in [0.05, 0.1) is 0 Å². The van der Waals surface area contributed by atoms with Crippen LogP contribution in [0.25, 0.3) is 10.8 Å². The molecule has 0 saturated heterocycles. The smallest absolute Gasteiger partial charge is 0.00646 e. The van der Waals surface area contributed by atoms with Crippen molar-refractivity contribution in [1.29, 1.82) is 0 Å². The van der Waals surface area contributed by atoms with Crippen LogP contribution in [-0.2, 0) is 0 Å². The van der Waals surface area contributed by atoms with Gasteiger partial charge in [-0.15, -0.1) is 0 Å². The van der Waals surface area contributed by atoms with Crippen LogP contribution in [0.15, 0.2) is 42.5 Å². The second kappa shape index (κ2) is 6.58. The first-order chi connectivity index (χ1) is 8.79. The lowest BCUT2D eigenvalue weighted by Gasteiger charge is -2.11. The summed E-state index contributed by atoms with van der Waals surface area (Å²) in [6, 6.07) is 15.3. The van der Waals surface area contributed by atoms with Gasteiger partial charge in [0.25, 0.3) is 0 Å². The first-order valence-corrected chi connectivity index (χ1v) is 7.13. The maximum absolute atomic E-state index is 2.40. The summed E-state index contributed by atoms with van der Waals surface area (Å²) in [6.07, 6.45) is 7.73. The van der Waals surface area contributed by atoms with E-state index < -0.39 is 0 Å². The highest BCUT2D eigenvalue weighted by atomic mass is 14.1. The number of fused-ring (bicyclic) bond motifs is 1. The fourth-order valence-corrected chi connectivity index (χ4v) is 2.44. The molecule has 0 bridgehead atoms. The van der Waals surface area contributed by atoms with Crippen molar-refractivity contribution >= 4 is 10.8 Å². The van der Waals surface area contributed by atoms with E-state index in [0.717, 1.165) is 0 Å². The largest absolute Gasteiger partial charge is 0.0654 e. The van der Waals surface area contributed by atoms with E-state index in [-0.39, 0.29) is 0 Å². The molecule has 0 aliphatic carbocycles. The van der Waals surface area contributed by atoms with Gasteiger partial charge in [-0.25, -0.2) is 0 Å². The first kappa shape index (κ1) is 13.1. The molecule has 2 rings (SSSR count). The maximum Gasteiger partial charge on any atom is -0.00646 e. The average molecular weight is 239 g/mol. The van der Waals surface area contributed by atoms with Crippen LogP contribution in [0, 0.1) is 12.3 Å². The minimum Gasteiger partial charge on any atom is -0.0654 e. The lowest BCUT2D eigenvalue weighted by atomic mass is 9.94. The third-order valence-electron chi connectivity index (χ3n) is 3.51. The van der Waals surface area contributed by atoms with Gasteiger partial charge in [0.2, 0.25) is 0 Å². The first-order valence-electron chi connectivity index (χ1n) is 7.13. The van der Waals surface area contributed by atoms with Gasteiger partial charge in [0, 0.05) is 0 Å². The molecular formula is C18H23. The maximum atomic E-state index is 2.40. The monoisotopic (exact) mass is 239 g/mol. The Morgan fingerprint density at radius 3 is 2.56 bits per heavy atom. The molecule has 2 aromatic rings. The van der Waals surface area contributed by atoms with Gasteiger partial charge in [-0.3, -0.25) is 0 Å². The Morgan fingerprint density at radius 1 is 1.00 bits per heavy atom. The van der Waals surface area contributed by atoms with Gasteiger partial charge in [-0.05, 0) is 28.7 Å². The molecule has 1 unspecified atom stereocenters. The molecule has 0 amide bonds. The van der Waals surface area contributed by atoms with Crippen LogP contribution in [0.1, 0.15) is 45.1 Å². The average Bonchev–Trinajstić information content (AvgIpc) is 2.39. The highest BCUT2D eigenvalue weighted by Gasteiger charge is 2.04.